The van der Waals surface area contributed by atoms with Gasteiger partial charge in [0.05, 0.1) is 16.1 Å². The van der Waals surface area contributed by atoms with Gasteiger partial charge in [0.15, 0.2) is 5.82 Å². The molecule has 1 atom stereocenters. The largest absolute Gasteiger partial charge is 0.382 e. The molecule has 0 aliphatic rings. The lowest BCUT2D eigenvalue weighted by molar-refractivity contribution is 0.872. The lowest BCUT2D eigenvalue weighted by Crippen LogP contribution is -2.09. The molecule has 0 saturated heterocycles. The molecular weight excluding hydrogens is 307 g/mol. The predicted molar refractivity (Wildman–Crippen MR) is 80.0 cm³/mol. The first-order valence-electron chi connectivity index (χ1n) is 5.46. The molecule has 2 rings (SSSR count). The fourth-order valence-electron chi connectivity index (χ4n) is 1.55. The highest BCUT2D eigenvalue weighted by Crippen LogP contribution is 2.29. The van der Waals surface area contributed by atoms with Gasteiger partial charge in [0, 0.05) is 0 Å². The second-order valence-electron chi connectivity index (χ2n) is 3.96. The highest BCUT2D eigenvalue weighted by Gasteiger charge is 2.12. The molecule has 0 aliphatic carbocycles. The van der Waals surface area contributed by atoms with E-state index in [1.54, 1.807) is 12.1 Å². The van der Waals surface area contributed by atoms with Crippen LogP contribution in [0.25, 0.3) is 0 Å². The summed E-state index contributed by atoms with van der Waals surface area (Å²) < 4.78 is 0. The second-order valence-corrected chi connectivity index (χ2v) is 5.15. The minimum absolute atomic E-state index is 0.0541. The number of nitrogens with one attached hydrogen (secondary N) is 1. The predicted octanol–water partition coefficient (Wildman–Crippen LogP) is 4.19. The molecule has 0 aliphatic heterocycles. The van der Waals surface area contributed by atoms with Gasteiger partial charge in [0.1, 0.15) is 17.2 Å². The van der Waals surface area contributed by atoms with Gasteiger partial charge in [-0.2, -0.15) is 0 Å². The molecule has 0 radical (unpaired) electrons. The Morgan fingerprint density at radius 1 is 1.16 bits per heavy atom. The van der Waals surface area contributed by atoms with Gasteiger partial charge in [-0.15, -0.1) is 0 Å². The quantitative estimate of drug-likeness (QED) is 0.891. The van der Waals surface area contributed by atoms with E-state index in [0.717, 1.165) is 5.56 Å². The zero-order chi connectivity index (χ0) is 14.0. The van der Waals surface area contributed by atoms with Gasteiger partial charge in [-0.3, -0.25) is 0 Å². The normalized spacial score (nSPS) is 12.2. The molecule has 1 aromatic carbocycles. The van der Waals surface area contributed by atoms with Crippen molar-refractivity contribution >= 4 is 46.4 Å². The molecule has 4 nitrogen and oxygen atoms in total. The topological polar surface area (TPSA) is 63.8 Å². The SMILES string of the molecule is C[C@H](Nc1ncnc(N)c1Cl)c1ccc(Cl)c(Cl)c1. The third-order valence-electron chi connectivity index (χ3n) is 2.61. The maximum atomic E-state index is 6.02. The molecule has 0 fully saturated rings. The van der Waals surface area contributed by atoms with Gasteiger partial charge >= 0.3 is 0 Å². The molecule has 100 valence electrons. The molecule has 1 heterocycles. The summed E-state index contributed by atoms with van der Waals surface area (Å²) >= 11 is 17.9. The van der Waals surface area contributed by atoms with Crippen molar-refractivity contribution in [2.75, 3.05) is 11.1 Å². The third-order valence-corrected chi connectivity index (χ3v) is 3.72. The first-order valence-corrected chi connectivity index (χ1v) is 6.60. The molecule has 7 heteroatoms. The third kappa shape index (κ3) is 3.21. The number of benzene rings is 1. The van der Waals surface area contributed by atoms with E-state index in [2.05, 4.69) is 15.3 Å². The van der Waals surface area contributed by atoms with Crippen molar-refractivity contribution in [3.05, 3.63) is 45.2 Å². The van der Waals surface area contributed by atoms with Crippen LogP contribution in [0, 0.1) is 0 Å². The van der Waals surface area contributed by atoms with Gasteiger partial charge in [-0.05, 0) is 24.6 Å². The number of nitrogens with two attached hydrogens (primary N) is 1. The number of anilines is 2. The van der Waals surface area contributed by atoms with E-state index < -0.39 is 0 Å². The van der Waals surface area contributed by atoms with E-state index in [0.29, 0.717) is 20.9 Å². The fourth-order valence-corrected chi connectivity index (χ4v) is 2.01. The molecule has 2 aromatic rings. The van der Waals surface area contributed by atoms with Crippen LogP contribution in [0.3, 0.4) is 0 Å². The van der Waals surface area contributed by atoms with Crippen LogP contribution in [0.2, 0.25) is 15.1 Å². The van der Waals surface area contributed by atoms with Crippen LogP contribution < -0.4 is 11.1 Å². The van der Waals surface area contributed by atoms with E-state index in [4.69, 9.17) is 40.5 Å². The molecule has 0 unspecified atom stereocenters. The number of hydrogen-bond acceptors (Lipinski definition) is 4. The lowest BCUT2D eigenvalue weighted by Gasteiger charge is -2.16. The summed E-state index contributed by atoms with van der Waals surface area (Å²) in [6, 6.07) is 5.36. The number of nitrogen functional groups attached to an aromatic ring is 1. The van der Waals surface area contributed by atoms with Gasteiger partial charge < -0.3 is 11.1 Å². The van der Waals surface area contributed by atoms with Crippen LogP contribution in [-0.4, -0.2) is 9.97 Å². The van der Waals surface area contributed by atoms with Gasteiger partial charge in [-0.1, -0.05) is 40.9 Å². The highest BCUT2D eigenvalue weighted by molar-refractivity contribution is 6.42. The molecule has 0 bridgehead atoms. The van der Waals surface area contributed by atoms with Crippen LogP contribution in [0.4, 0.5) is 11.6 Å². The highest BCUT2D eigenvalue weighted by atomic mass is 35.5. The standard InChI is InChI=1S/C12H11Cl3N4/c1-6(7-2-3-8(13)9(14)4-7)19-12-10(15)11(16)17-5-18-12/h2-6H,1H3,(H3,16,17,18,19)/t6-/m0/s1. The second kappa shape index (κ2) is 5.82. The first kappa shape index (κ1) is 14.2. The summed E-state index contributed by atoms with van der Waals surface area (Å²) in [4.78, 5) is 7.85. The minimum atomic E-state index is -0.0541. The van der Waals surface area contributed by atoms with Crippen LogP contribution in [0.15, 0.2) is 24.5 Å². The maximum absolute atomic E-state index is 6.02. The Morgan fingerprint density at radius 3 is 2.58 bits per heavy atom. The molecule has 1 aromatic heterocycles. The first-order chi connectivity index (χ1) is 8.99. The number of aromatic nitrogens is 2. The molecule has 3 N–H and O–H groups in total. The smallest absolute Gasteiger partial charge is 0.150 e. The van der Waals surface area contributed by atoms with Crippen molar-refractivity contribution in [1.29, 1.82) is 0 Å². The molecular formula is C12H11Cl3N4. The van der Waals surface area contributed by atoms with Crippen LogP contribution in [0.5, 0.6) is 0 Å². The van der Waals surface area contributed by atoms with Crippen molar-refractivity contribution in [2.24, 2.45) is 0 Å². The van der Waals surface area contributed by atoms with E-state index in [1.165, 1.54) is 6.33 Å². The van der Waals surface area contributed by atoms with Crippen molar-refractivity contribution < 1.29 is 0 Å². The van der Waals surface area contributed by atoms with Crippen molar-refractivity contribution in [2.45, 2.75) is 13.0 Å². The summed E-state index contributed by atoms with van der Waals surface area (Å²) in [6.45, 7) is 1.95. The Balaban J connectivity index is 2.23. The minimum Gasteiger partial charge on any atom is -0.382 e. The van der Waals surface area contributed by atoms with Crippen LogP contribution in [0.1, 0.15) is 18.5 Å². The zero-order valence-electron chi connectivity index (χ0n) is 9.99. The average molecular weight is 318 g/mol. The summed E-state index contributed by atoms with van der Waals surface area (Å²) in [5, 5.41) is 4.47. The van der Waals surface area contributed by atoms with Gasteiger partial charge in [0.2, 0.25) is 0 Å². The maximum Gasteiger partial charge on any atom is 0.150 e. The van der Waals surface area contributed by atoms with Crippen molar-refractivity contribution in [1.82, 2.24) is 9.97 Å². The van der Waals surface area contributed by atoms with E-state index in [1.807, 2.05) is 13.0 Å². The molecule has 0 amide bonds. The van der Waals surface area contributed by atoms with Gasteiger partial charge in [0.25, 0.3) is 0 Å². The Morgan fingerprint density at radius 2 is 1.89 bits per heavy atom. The molecule has 19 heavy (non-hydrogen) atoms. The molecule has 0 saturated carbocycles. The number of nitrogens with zero attached hydrogens (tertiary/aromatic N) is 2. The Kier molecular flexibility index (Phi) is 4.34. The summed E-state index contributed by atoms with van der Waals surface area (Å²) in [7, 11) is 0. The number of halogens is 3. The zero-order valence-corrected chi connectivity index (χ0v) is 12.3. The van der Waals surface area contributed by atoms with E-state index >= 15 is 0 Å². The summed E-state index contributed by atoms with van der Waals surface area (Å²) in [6.07, 6.45) is 1.35. The summed E-state index contributed by atoms with van der Waals surface area (Å²) in [5.74, 6) is 0.716. The van der Waals surface area contributed by atoms with Crippen molar-refractivity contribution in [3.63, 3.8) is 0 Å². The Bertz CT molecular complexity index is 604. The van der Waals surface area contributed by atoms with E-state index in [-0.39, 0.29) is 11.9 Å². The molecule has 0 spiro atoms. The average Bonchev–Trinajstić information content (AvgIpc) is 2.38. The van der Waals surface area contributed by atoms with Gasteiger partial charge in [-0.25, -0.2) is 9.97 Å². The fraction of sp³-hybridized carbons (Fsp3) is 0.167. The number of rotatable bonds is 3. The number of hydrogen-bond donors (Lipinski definition) is 2. The van der Waals surface area contributed by atoms with E-state index in [9.17, 15) is 0 Å². The Hall–Kier alpha value is -1.23. The van der Waals surface area contributed by atoms with Crippen LogP contribution >= 0.6 is 34.8 Å². The Labute approximate surface area is 125 Å². The lowest BCUT2D eigenvalue weighted by atomic mass is 10.1. The monoisotopic (exact) mass is 316 g/mol. The summed E-state index contributed by atoms with van der Waals surface area (Å²) in [5.41, 5.74) is 6.58. The van der Waals surface area contributed by atoms with Crippen molar-refractivity contribution in [3.8, 4) is 0 Å². The van der Waals surface area contributed by atoms with Crippen LogP contribution in [-0.2, 0) is 0 Å².